The summed E-state index contributed by atoms with van der Waals surface area (Å²) < 4.78 is 0. The second-order valence-electron chi connectivity index (χ2n) is 9.76. The van der Waals surface area contributed by atoms with Crippen LogP contribution in [0.4, 0.5) is 5.69 Å². The highest BCUT2D eigenvalue weighted by molar-refractivity contribution is 6.10. The van der Waals surface area contributed by atoms with Crippen molar-refractivity contribution in [2.24, 2.45) is 35.5 Å². The maximum Gasteiger partial charge on any atom is 0.248 e. The van der Waals surface area contributed by atoms with Crippen LogP contribution in [0.1, 0.15) is 17.5 Å². The van der Waals surface area contributed by atoms with Crippen LogP contribution >= 0.6 is 0 Å². The normalized spacial score (nSPS) is 32.5. The van der Waals surface area contributed by atoms with E-state index >= 15 is 0 Å². The summed E-state index contributed by atoms with van der Waals surface area (Å²) >= 11 is 0. The Morgan fingerprint density at radius 2 is 1.53 bits per heavy atom. The molecule has 1 aliphatic heterocycles. The van der Waals surface area contributed by atoms with Gasteiger partial charge in [0.2, 0.25) is 17.7 Å². The molecule has 1 N–H and O–H groups in total. The van der Waals surface area contributed by atoms with Crippen molar-refractivity contribution in [3.63, 3.8) is 0 Å². The lowest BCUT2D eigenvalue weighted by Crippen LogP contribution is -2.49. The van der Waals surface area contributed by atoms with E-state index in [1.54, 1.807) is 0 Å². The van der Waals surface area contributed by atoms with E-state index < -0.39 is 6.04 Å². The number of carbonyl (C=O) groups is 3. The van der Waals surface area contributed by atoms with Gasteiger partial charge in [0.15, 0.2) is 0 Å². The molecule has 3 amide bonds. The SMILES string of the molecule is Cc1ccc(NC(=O)[C@H](Cc2ccccc2)N2C(=O)[C@@H]3[C@H]4C=C[C@@H]([C@@H]5C[C@@H]45)[C@H]3C2=O)cc1. The zero-order valence-corrected chi connectivity index (χ0v) is 18.0. The topological polar surface area (TPSA) is 66.5 Å². The Labute approximate surface area is 187 Å². The highest BCUT2D eigenvalue weighted by atomic mass is 16.2. The van der Waals surface area contributed by atoms with Gasteiger partial charge in [0, 0.05) is 12.1 Å². The fourth-order valence-electron chi connectivity index (χ4n) is 6.29. The number of aryl methyl sites for hydroxylation is 1. The van der Waals surface area contributed by atoms with Crippen LogP contribution in [-0.2, 0) is 20.8 Å². The lowest BCUT2D eigenvalue weighted by Gasteiger charge is -2.37. The molecule has 162 valence electrons. The van der Waals surface area contributed by atoms with E-state index in [2.05, 4.69) is 17.5 Å². The number of likely N-dealkylation sites (tertiary alicyclic amines) is 1. The molecular weight excluding hydrogens is 400 g/mol. The first-order valence-corrected chi connectivity index (χ1v) is 11.5. The standard InChI is InChI=1S/C27H26N2O3/c1-15-7-9-17(10-8-15)28-25(30)22(13-16-5-3-2-4-6-16)29-26(31)23-18-11-12-19(21-14-20(18)21)24(23)27(29)32/h2-12,18-24H,13-14H2,1H3,(H,28,30)/t18-,19-,20-,21-,22-,23+,24+/m0/s1. The van der Waals surface area contributed by atoms with Crippen molar-refractivity contribution in [2.75, 3.05) is 5.32 Å². The monoisotopic (exact) mass is 426 g/mol. The van der Waals surface area contributed by atoms with Crippen LogP contribution in [0.3, 0.4) is 0 Å². The van der Waals surface area contributed by atoms with Crippen LogP contribution in [-0.4, -0.2) is 28.7 Å². The molecule has 3 fully saturated rings. The average molecular weight is 427 g/mol. The van der Waals surface area contributed by atoms with Crippen LogP contribution in [0.5, 0.6) is 0 Å². The summed E-state index contributed by atoms with van der Waals surface area (Å²) in [6, 6.07) is 16.3. The van der Waals surface area contributed by atoms with E-state index in [4.69, 9.17) is 0 Å². The van der Waals surface area contributed by atoms with Crippen molar-refractivity contribution in [3.05, 3.63) is 77.9 Å². The predicted molar refractivity (Wildman–Crippen MR) is 120 cm³/mol. The molecule has 0 radical (unpaired) electrons. The maximum absolute atomic E-state index is 13.6. The van der Waals surface area contributed by atoms with Crippen LogP contribution in [0.2, 0.25) is 0 Å². The van der Waals surface area contributed by atoms with Crippen LogP contribution in [0.15, 0.2) is 66.7 Å². The molecule has 32 heavy (non-hydrogen) atoms. The Balaban J connectivity index is 1.33. The van der Waals surface area contributed by atoms with Gasteiger partial charge in [-0.2, -0.15) is 0 Å². The molecule has 5 heteroatoms. The minimum absolute atomic E-state index is 0.147. The number of hydrogen-bond acceptors (Lipinski definition) is 3. The summed E-state index contributed by atoms with van der Waals surface area (Å²) in [5, 5.41) is 2.94. The van der Waals surface area contributed by atoms with Gasteiger partial charge in [0.05, 0.1) is 11.8 Å². The molecular formula is C27H26N2O3. The Hall–Kier alpha value is -3.21. The Morgan fingerprint density at radius 3 is 2.12 bits per heavy atom. The third-order valence-corrected chi connectivity index (χ3v) is 7.90. The van der Waals surface area contributed by atoms with Gasteiger partial charge in [-0.1, -0.05) is 60.2 Å². The van der Waals surface area contributed by atoms with Gasteiger partial charge in [-0.25, -0.2) is 0 Å². The third kappa shape index (κ3) is 2.94. The minimum Gasteiger partial charge on any atom is -0.324 e. The molecule has 0 unspecified atom stereocenters. The van der Waals surface area contributed by atoms with E-state index in [1.165, 1.54) is 4.90 Å². The molecule has 0 aromatic heterocycles. The zero-order valence-electron chi connectivity index (χ0n) is 18.0. The molecule has 2 bridgehead atoms. The van der Waals surface area contributed by atoms with Crippen molar-refractivity contribution < 1.29 is 14.4 Å². The average Bonchev–Trinajstić information content (AvgIpc) is 3.58. The van der Waals surface area contributed by atoms with Gasteiger partial charge in [-0.15, -0.1) is 0 Å². The largest absolute Gasteiger partial charge is 0.324 e. The van der Waals surface area contributed by atoms with Crippen LogP contribution in [0.25, 0.3) is 0 Å². The molecule has 4 aliphatic carbocycles. The number of rotatable bonds is 5. The summed E-state index contributed by atoms with van der Waals surface area (Å²) in [4.78, 5) is 42.0. The van der Waals surface area contributed by atoms with Crippen molar-refractivity contribution >= 4 is 23.4 Å². The fraction of sp³-hybridized carbons (Fsp3) is 0.370. The first kappa shape index (κ1) is 19.5. The van der Waals surface area contributed by atoms with Crippen molar-refractivity contribution in [2.45, 2.75) is 25.8 Å². The molecule has 2 aromatic rings. The van der Waals surface area contributed by atoms with Gasteiger partial charge in [0.25, 0.3) is 0 Å². The summed E-state index contributed by atoms with van der Waals surface area (Å²) in [7, 11) is 0. The molecule has 7 rings (SSSR count). The fourth-order valence-corrected chi connectivity index (χ4v) is 6.29. The van der Waals surface area contributed by atoms with Gasteiger partial charge < -0.3 is 5.32 Å². The van der Waals surface area contributed by atoms with Crippen molar-refractivity contribution in [3.8, 4) is 0 Å². The van der Waals surface area contributed by atoms with E-state index in [1.807, 2.05) is 61.5 Å². The van der Waals surface area contributed by atoms with Crippen molar-refractivity contribution in [1.82, 2.24) is 4.90 Å². The molecule has 5 nitrogen and oxygen atoms in total. The van der Waals surface area contributed by atoms with E-state index in [0.717, 1.165) is 17.5 Å². The number of nitrogens with zero attached hydrogens (tertiary/aromatic N) is 1. The molecule has 2 saturated carbocycles. The first-order valence-electron chi connectivity index (χ1n) is 11.5. The van der Waals surface area contributed by atoms with Gasteiger partial charge in [0.1, 0.15) is 6.04 Å². The number of anilines is 1. The number of benzene rings is 2. The Morgan fingerprint density at radius 1 is 0.938 bits per heavy atom. The highest BCUT2D eigenvalue weighted by Gasteiger charge is 2.67. The lowest BCUT2D eigenvalue weighted by atomic mass is 9.63. The number of hydrogen-bond donors (Lipinski definition) is 1. The molecule has 5 aliphatic rings. The lowest BCUT2D eigenvalue weighted by molar-refractivity contribution is -0.146. The van der Waals surface area contributed by atoms with Gasteiger partial charge >= 0.3 is 0 Å². The minimum atomic E-state index is -0.861. The summed E-state index contributed by atoms with van der Waals surface area (Å²) in [6.07, 6.45) is 5.75. The Bertz CT molecular complexity index is 1090. The first-order chi connectivity index (χ1) is 15.5. The second kappa shape index (κ2) is 7.16. The Kier molecular flexibility index (Phi) is 4.36. The molecule has 7 atom stereocenters. The zero-order chi connectivity index (χ0) is 22.0. The van der Waals surface area contributed by atoms with Crippen molar-refractivity contribution in [1.29, 1.82) is 0 Å². The summed E-state index contributed by atoms with van der Waals surface area (Å²) in [5.41, 5.74) is 2.69. The predicted octanol–water partition coefficient (Wildman–Crippen LogP) is 3.60. The molecule has 2 aromatic carbocycles. The van der Waals surface area contributed by atoms with Crippen LogP contribution in [0, 0.1) is 42.4 Å². The van der Waals surface area contributed by atoms with Gasteiger partial charge in [-0.05, 0) is 54.7 Å². The molecule has 1 saturated heterocycles. The number of nitrogens with one attached hydrogen (secondary N) is 1. The summed E-state index contributed by atoms with van der Waals surface area (Å²) in [5.74, 6) is 0.132. The second-order valence-corrected chi connectivity index (χ2v) is 9.76. The third-order valence-electron chi connectivity index (χ3n) is 7.90. The van der Waals surface area contributed by atoms with Crippen LogP contribution < -0.4 is 5.32 Å². The van der Waals surface area contributed by atoms with E-state index in [-0.39, 0.29) is 41.4 Å². The maximum atomic E-state index is 13.6. The number of imide groups is 1. The number of carbonyl (C=O) groups excluding carboxylic acids is 3. The van der Waals surface area contributed by atoms with E-state index in [0.29, 0.717) is 23.9 Å². The quantitative estimate of drug-likeness (QED) is 0.587. The number of allylic oxidation sites excluding steroid dienone is 2. The summed E-state index contributed by atoms with van der Waals surface area (Å²) in [6.45, 7) is 1.99. The number of amides is 3. The van der Waals surface area contributed by atoms with Gasteiger partial charge in [-0.3, -0.25) is 19.3 Å². The molecule has 0 spiro atoms. The molecule has 1 heterocycles. The van der Waals surface area contributed by atoms with E-state index in [9.17, 15) is 14.4 Å². The smallest absolute Gasteiger partial charge is 0.248 e. The highest BCUT2D eigenvalue weighted by Crippen LogP contribution is 2.65.